The number of amides is 1. The van der Waals surface area contributed by atoms with Crippen LogP contribution in [0.4, 0.5) is 13.2 Å². The van der Waals surface area contributed by atoms with Crippen molar-refractivity contribution in [1.29, 1.82) is 0 Å². The molecule has 3 atom stereocenters. The number of likely N-dealkylation sites (tertiary alicyclic amines) is 1. The summed E-state index contributed by atoms with van der Waals surface area (Å²) in [6.07, 6.45) is 3.02. The van der Waals surface area contributed by atoms with Crippen LogP contribution in [-0.2, 0) is 34.5 Å². The van der Waals surface area contributed by atoms with Gasteiger partial charge in [-0.15, -0.1) is 0 Å². The molecular weight excluding hydrogens is 433 g/mol. The fraction of sp³-hybridized carbons (Fsp3) is 0.550. The number of rotatable bonds is 5. The minimum Gasteiger partial charge on any atom is -0.475 e. The van der Waals surface area contributed by atoms with Crippen LogP contribution in [0.3, 0.4) is 0 Å². The molecule has 4 heterocycles. The summed E-state index contributed by atoms with van der Waals surface area (Å²) in [5.41, 5.74) is 1.22. The number of carbonyl (C=O) groups excluding carboxylic acids is 1. The molecule has 2 aliphatic heterocycles. The highest BCUT2D eigenvalue weighted by atomic mass is 19.4. The van der Waals surface area contributed by atoms with Crippen molar-refractivity contribution >= 4 is 11.9 Å². The molecule has 4 rings (SSSR count). The van der Waals surface area contributed by atoms with E-state index in [-0.39, 0.29) is 18.1 Å². The molecule has 2 aromatic heterocycles. The van der Waals surface area contributed by atoms with E-state index in [0.717, 1.165) is 38.1 Å². The van der Waals surface area contributed by atoms with E-state index in [9.17, 15) is 18.0 Å². The van der Waals surface area contributed by atoms with E-state index in [1.807, 2.05) is 30.1 Å². The first-order chi connectivity index (χ1) is 15.1. The highest BCUT2D eigenvalue weighted by Gasteiger charge is 2.41. The Morgan fingerprint density at radius 2 is 2.06 bits per heavy atom. The molecule has 2 saturated heterocycles. The van der Waals surface area contributed by atoms with Crippen molar-refractivity contribution in [2.24, 2.45) is 7.05 Å². The normalized spacial score (nSPS) is 23.2. The van der Waals surface area contributed by atoms with Gasteiger partial charge in [0, 0.05) is 37.9 Å². The third kappa shape index (κ3) is 6.33. The van der Waals surface area contributed by atoms with Gasteiger partial charge in [-0.05, 0) is 31.4 Å². The Kier molecular flexibility index (Phi) is 7.56. The molecule has 0 bridgehead atoms. The van der Waals surface area contributed by atoms with Gasteiger partial charge in [-0.1, -0.05) is 0 Å². The molecule has 0 unspecified atom stereocenters. The van der Waals surface area contributed by atoms with Gasteiger partial charge in [-0.25, -0.2) is 4.79 Å². The van der Waals surface area contributed by atoms with Crippen molar-refractivity contribution in [2.45, 2.75) is 56.8 Å². The molecule has 32 heavy (non-hydrogen) atoms. The van der Waals surface area contributed by atoms with Crippen molar-refractivity contribution in [3.05, 3.63) is 42.1 Å². The summed E-state index contributed by atoms with van der Waals surface area (Å²) in [4.78, 5) is 23.7. The number of aryl methyl sites for hydroxylation is 1. The van der Waals surface area contributed by atoms with Crippen LogP contribution in [0.2, 0.25) is 0 Å². The van der Waals surface area contributed by atoms with Gasteiger partial charge in [-0.3, -0.25) is 14.4 Å². The number of halogens is 3. The number of ether oxygens (including phenoxy) is 1. The Morgan fingerprint density at radius 3 is 2.66 bits per heavy atom. The molecule has 1 amide bonds. The molecule has 0 aliphatic carbocycles. The number of nitrogens with one attached hydrogen (secondary N) is 1. The van der Waals surface area contributed by atoms with Crippen LogP contribution in [0.25, 0.3) is 0 Å². The fourth-order valence-electron chi connectivity index (χ4n) is 3.89. The van der Waals surface area contributed by atoms with E-state index in [0.29, 0.717) is 12.6 Å². The van der Waals surface area contributed by atoms with Crippen LogP contribution in [-0.4, -0.2) is 62.6 Å². The monoisotopic (exact) mass is 458 g/mol. The quantitative estimate of drug-likeness (QED) is 0.706. The Bertz CT molecular complexity index is 899. The second kappa shape index (κ2) is 10.2. The third-order valence-corrected chi connectivity index (χ3v) is 5.36. The SMILES string of the molecule is Cn1cc(CN2CC[C@H]3O[C@H](C(=O)NCc4ccco4)CC[C@H]32)cn1.O=C(O)C(F)(F)F. The van der Waals surface area contributed by atoms with Crippen molar-refractivity contribution in [2.75, 3.05) is 6.54 Å². The van der Waals surface area contributed by atoms with E-state index in [1.54, 1.807) is 6.26 Å². The van der Waals surface area contributed by atoms with Crippen molar-refractivity contribution in [3.63, 3.8) is 0 Å². The minimum absolute atomic E-state index is 0.0411. The first-order valence-corrected chi connectivity index (χ1v) is 10.1. The van der Waals surface area contributed by atoms with Gasteiger partial charge in [-0.2, -0.15) is 18.3 Å². The molecule has 2 N–H and O–H groups in total. The first kappa shape index (κ1) is 23.8. The number of aliphatic carboxylic acids is 1. The van der Waals surface area contributed by atoms with Crippen LogP contribution in [0.5, 0.6) is 0 Å². The lowest BCUT2D eigenvalue weighted by atomic mass is 9.98. The molecule has 12 heteroatoms. The van der Waals surface area contributed by atoms with Crippen molar-refractivity contribution in [1.82, 2.24) is 20.0 Å². The zero-order valence-corrected chi connectivity index (χ0v) is 17.4. The number of hydrogen-bond donors (Lipinski definition) is 2. The van der Waals surface area contributed by atoms with Gasteiger partial charge >= 0.3 is 12.1 Å². The number of carboxylic acid groups (broad SMARTS) is 1. The summed E-state index contributed by atoms with van der Waals surface area (Å²) in [5.74, 6) is -2.04. The summed E-state index contributed by atoms with van der Waals surface area (Å²) >= 11 is 0. The summed E-state index contributed by atoms with van der Waals surface area (Å²) in [7, 11) is 1.94. The topological polar surface area (TPSA) is 110 Å². The lowest BCUT2D eigenvalue weighted by Gasteiger charge is -2.35. The van der Waals surface area contributed by atoms with Gasteiger partial charge in [0.25, 0.3) is 0 Å². The van der Waals surface area contributed by atoms with Crippen LogP contribution >= 0.6 is 0 Å². The molecular formula is C20H25F3N4O5. The lowest BCUT2D eigenvalue weighted by Crippen LogP contribution is -2.47. The standard InChI is InChI=1S/C18H24N4O3.C2HF3O2/c1-21-11-13(9-20-21)12-22-7-6-16-15(22)4-5-17(25-16)18(23)19-10-14-3-2-8-24-14;3-2(4,5)1(6)7/h2-3,8-9,11,15-17H,4-7,10,12H2,1H3,(H,19,23);(H,6,7)/t15-,16-,17+;/m1./s1. The Balaban J connectivity index is 0.000000360. The number of alkyl halides is 3. The van der Waals surface area contributed by atoms with Gasteiger partial charge in [0.05, 0.1) is 25.1 Å². The third-order valence-electron chi connectivity index (χ3n) is 5.36. The number of fused-ring (bicyclic) bond motifs is 1. The van der Waals surface area contributed by atoms with Crippen LogP contribution in [0.1, 0.15) is 30.6 Å². The number of carbonyl (C=O) groups is 2. The zero-order valence-electron chi connectivity index (χ0n) is 17.4. The predicted octanol–water partition coefficient (Wildman–Crippen LogP) is 2.08. The smallest absolute Gasteiger partial charge is 0.475 e. The Hall–Kier alpha value is -2.86. The zero-order chi connectivity index (χ0) is 23.3. The second-order valence-corrected chi connectivity index (χ2v) is 7.69. The molecule has 2 aliphatic rings. The minimum atomic E-state index is -5.08. The van der Waals surface area contributed by atoms with E-state index in [2.05, 4.69) is 21.5 Å². The molecule has 2 fully saturated rings. The highest BCUT2D eigenvalue weighted by molar-refractivity contribution is 5.80. The number of furan rings is 1. The largest absolute Gasteiger partial charge is 0.490 e. The van der Waals surface area contributed by atoms with Gasteiger partial charge in [0.1, 0.15) is 11.9 Å². The van der Waals surface area contributed by atoms with Crippen LogP contribution in [0.15, 0.2) is 35.2 Å². The Labute approximate surface area is 182 Å². The maximum absolute atomic E-state index is 12.4. The number of aromatic nitrogens is 2. The molecule has 2 aromatic rings. The van der Waals surface area contributed by atoms with Crippen LogP contribution in [0, 0.1) is 0 Å². The molecule has 9 nitrogen and oxygen atoms in total. The predicted molar refractivity (Wildman–Crippen MR) is 104 cm³/mol. The fourth-order valence-corrected chi connectivity index (χ4v) is 3.89. The number of carboxylic acids is 1. The van der Waals surface area contributed by atoms with Gasteiger partial charge in [0.2, 0.25) is 5.91 Å². The highest BCUT2D eigenvalue weighted by Crippen LogP contribution is 2.32. The Morgan fingerprint density at radius 1 is 1.31 bits per heavy atom. The molecule has 0 saturated carbocycles. The van der Waals surface area contributed by atoms with Crippen LogP contribution < -0.4 is 5.32 Å². The molecule has 0 spiro atoms. The lowest BCUT2D eigenvalue weighted by molar-refractivity contribution is -0.192. The van der Waals surface area contributed by atoms with Crippen molar-refractivity contribution in [3.8, 4) is 0 Å². The summed E-state index contributed by atoms with van der Waals surface area (Å²) in [6, 6.07) is 4.07. The summed E-state index contributed by atoms with van der Waals surface area (Å²) in [6.45, 7) is 2.31. The van der Waals surface area contributed by atoms with E-state index < -0.39 is 12.1 Å². The maximum atomic E-state index is 12.4. The summed E-state index contributed by atoms with van der Waals surface area (Å²) < 4.78 is 44.9. The maximum Gasteiger partial charge on any atom is 0.490 e. The summed E-state index contributed by atoms with van der Waals surface area (Å²) in [5, 5.41) is 14.3. The molecule has 0 aromatic carbocycles. The van der Waals surface area contributed by atoms with E-state index >= 15 is 0 Å². The second-order valence-electron chi connectivity index (χ2n) is 7.69. The number of hydrogen-bond acceptors (Lipinski definition) is 6. The molecule has 176 valence electrons. The molecule has 0 radical (unpaired) electrons. The van der Waals surface area contributed by atoms with Gasteiger partial charge < -0.3 is 19.6 Å². The average Bonchev–Trinajstić information content (AvgIpc) is 3.48. The van der Waals surface area contributed by atoms with E-state index in [4.69, 9.17) is 19.1 Å². The average molecular weight is 458 g/mol. The number of nitrogens with zero attached hydrogens (tertiary/aromatic N) is 3. The first-order valence-electron chi connectivity index (χ1n) is 10.1. The van der Waals surface area contributed by atoms with Gasteiger partial charge in [0.15, 0.2) is 0 Å². The van der Waals surface area contributed by atoms with E-state index in [1.165, 1.54) is 5.56 Å². The van der Waals surface area contributed by atoms with Crippen molar-refractivity contribution < 1.29 is 37.0 Å².